The van der Waals surface area contributed by atoms with E-state index in [2.05, 4.69) is 42.3 Å². The maximum Gasteiger partial charge on any atom is 0.204 e. The third-order valence-corrected chi connectivity index (χ3v) is 4.71. The van der Waals surface area contributed by atoms with Gasteiger partial charge in [0.25, 0.3) is 0 Å². The lowest BCUT2D eigenvalue weighted by molar-refractivity contribution is 0.266. The molecule has 1 atom stereocenters. The molecule has 0 bridgehead atoms. The van der Waals surface area contributed by atoms with Gasteiger partial charge in [-0.1, -0.05) is 44.2 Å². The highest BCUT2D eigenvalue weighted by Gasteiger charge is 2.29. The maximum absolute atomic E-state index is 4.61. The second-order valence-electron chi connectivity index (χ2n) is 6.63. The molecule has 1 heterocycles. The monoisotopic (exact) mass is 287 g/mol. The van der Waals surface area contributed by atoms with Crippen molar-refractivity contribution < 1.29 is 0 Å². The molecule has 0 spiro atoms. The molecule has 4 heteroatoms. The number of aromatic nitrogens is 1. The SMILES string of the molecule is CC1C/C(=N\Nc2nc3ccccc3s2)CC(C)(C)C1. The van der Waals surface area contributed by atoms with E-state index in [9.17, 15) is 0 Å². The molecule has 20 heavy (non-hydrogen) atoms. The third kappa shape index (κ3) is 3.01. The molecule has 3 nitrogen and oxygen atoms in total. The van der Waals surface area contributed by atoms with Gasteiger partial charge in [0.05, 0.1) is 10.2 Å². The predicted molar refractivity (Wildman–Crippen MR) is 87.5 cm³/mol. The van der Waals surface area contributed by atoms with Gasteiger partial charge in [-0.25, -0.2) is 4.98 Å². The van der Waals surface area contributed by atoms with E-state index in [0.29, 0.717) is 5.41 Å². The number of nitrogens with zero attached hydrogens (tertiary/aromatic N) is 2. The molecule has 1 aliphatic rings. The number of hydrogen-bond acceptors (Lipinski definition) is 4. The van der Waals surface area contributed by atoms with Gasteiger partial charge in [-0.3, -0.25) is 5.43 Å². The van der Waals surface area contributed by atoms with Crippen LogP contribution in [-0.2, 0) is 0 Å². The molecule has 106 valence electrons. The molecule has 0 radical (unpaired) electrons. The van der Waals surface area contributed by atoms with Gasteiger partial charge in [-0.2, -0.15) is 5.10 Å². The molecule has 1 unspecified atom stereocenters. The Labute approximate surface area is 124 Å². The Morgan fingerprint density at radius 2 is 2.15 bits per heavy atom. The van der Waals surface area contributed by atoms with Gasteiger partial charge in [0.1, 0.15) is 0 Å². The summed E-state index contributed by atoms with van der Waals surface area (Å²) in [6.07, 6.45) is 3.46. The molecule has 1 aromatic heterocycles. The van der Waals surface area contributed by atoms with Gasteiger partial charge < -0.3 is 0 Å². The van der Waals surface area contributed by atoms with E-state index >= 15 is 0 Å². The number of fused-ring (bicyclic) bond motifs is 1. The minimum Gasteiger partial charge on any atom is -0.253 e. The van der Waals surface area contributed by atoms with E-state index < -0.39 is 0 Å². The molecular formula is C16H21N3S. The number of rotatable bonds is 2. The van der Waals surface area contributed by atoms with Crippen molar-refractivity contribution in [1.29, 1.82) is 0 Å². The first-order chi connectivity index (χ1) is 9.52. The summed E-state index contributed by atoms with van der Waals surface area (Å²) >= 11 is 1.66. The van der Waals surface area contributed by atoms with Crippen LogP contribution in [0.2, 0.25) is 0 Å². The minimum absolute atomic E-state index is 0.367. The molecule has 2 aromatic rings. The number of thiazole rings is 1. The highest BCUT2D eigenvalue weighted by Crippen LogP contribution is 2.37. The third-order valence-electron chi connectivity index (χ3n) is 3.77. The molecule has 3 rings (SSSR count). The van der Waals surface area contributed by atoms with Crippen LogP contribution in [-0.4, -0.2) is 10.7 Å². The molecule has 1 aliphatic carbocycles. The first kappa shape index (κ1) is 13.6. The Hall–Kier alpha value is -1.42. The molecule has 0 aliphatic heterocycles. The van der Waals surface area contributed by atoms with Crippen LogP contribution < -0.4 is 5.43 Å². The molecule has 1 fully saturated rings. The van der Waals surface area contributed by atoms with Crippen LogP contribution >= 0.6 is 11.3 Å². The van der Waals surface area contributed by atoms with E-state index in [0.717, 1.165) is 29.4 Å². The second-order valence-corrected chi connectivity index (χ2v) is 7.66. The van der Waals surface area contributed by atoms with E-state index in [1.807, 2.05) is 18.2 Å². The molecule has 0 amide bonds. The van der Waals surface area contributed by atoms with E-state index in [1.54, 1.807) is 11.3 Å². The Morgan fingerprint density at radius 1 is 1.35 bits per heavy atom. The van der Waals surface area contributed by atoms with E-state index in [-0.39, 0.29) is 0 Å². The molecular weight excluding hydrogens is 266 g/mol. The lowest BCUT2D eigenvalue weighted by Crippen LogP contribution is -2.28. The summed E-state index contributed by atoms with van der Waals surface area (Å²) in [6, 6.07) is 8.19. The number of anilines is 1. The van der Waals surface area contributed by atoms with Gasteiger partial charge in [-0.05, 0) is 42.7 Å². The van der Waals surface area contributed by atoms with Gasteiger partial charge in [-0.15, -0.1) is 0 Å². The van der Waals surface area contributed by atoms with Crippen molar-refractivity contribution in [2.75, 3.05) is 5.43 Å². The summed E-state index contributed by atoms with van der Waals surface area (Å²) in [5.41, 5.74) is 5.84. The van der Waals surface area contributed by atoms with Crippen molar-refractivity contribution >= 4 is 32.4 Å². The fourth-order valence-electron chi connectivity index (χ4n) is 3.25. The molecule has 0 saturated heterocycles. The van der Waals surface area contributed by atoms with Crippen LogP contribution in [0.5, 0.6) is 0 Å². The lowest BCUT2D eigenvalue weighted by atomic mass is 9.72. The number of nitrogens with one attached hydrogen (secondary N) is 1. The quantitative estimate of drug-likeness (QED) is 0.797. The van der Waals surface area contributed by atoms with Crippen molar-refractivity contribution in [2.45, 2.75) is 40.0 Å². The zero-order valence-corrected chi connectivity index (χ0v) is 13.1. The highest BCUT2D eigenvalue weighted by atomic mass is 32.1. The van der Waals surface area contributed by atoms with Gasteiger partial charge in [0, 0.05) is 5.71 Å². The Balaban J connectivity index is 1.76. The van der Waals surface area contributed by atoms with Crippen LogP contribution in [0, 0.1) is 11.3 Å². The number of benzene rings is 1. The van der Waals surface area contributed by atoms with Gasteiger partial charge in [0.2, 0.25) is 5.13 Å². The fourth-order valence-corrected chi connectivity index (χ4v) is 4.05. The Morgan fingerprint density at radius 3 is 2.90 bits per heavy atom. The summed E-state index contributed by atoms with van der Waals surface area (Å²) in [5, 5.41) is 5.49. The van der Waals surface area contributed by atoms with Crippen LogP contribution in [0.25, 0.3) is 10.2 Å². The standard InChI is InChI=1S/C16H21N3S/c1-11-8-12(10-16(2,3)9-11)18-19-15-17-13-6-4-5-7-14(13)20-15/h4-7,11H,8-10H2,1-3H3,(H,17,19)/b18-12+. The maximum atomic E-state index is 4.61. The lowest BCUT2D eigenvalue weighted by Gasteiger charge is -2.34. The minimum atomic E-state index is 0.367. The van der Waals surface area contributed by atoms with Crippen molar-refractivity contribution in [2.24, 2.45) is 16.4 Å². The van der Waals surface area contributed by atoms with Crippen LogP contribution in [0.4, 0.5) is 5.13 Å². The Kier molecular flexibility index (Phi) is 3.50. The average molecular weight is 287 g/mol. The predicted octanol–water partition coefficient (Wildman–Crippen LogP) is 4.91. The van der Waals surface area contributed by atoms with Crippen LogP contribution in [0.1, 0.15) is 40.0 Å². The van der Waals surface area contributed by atoms with Crippen molar-refractivity contribution in [3.63, 3.8) is 0 Å². The zero-order chi connectivity index (χ0) is 14.2. The topological polar surface area (TPSA) is 37.3 Å². The average Bonchev–Trinajstić information content (AvgIpc) is 2.76. The smallest absolute Gasteiger partial charge is 0.204 e. The van der Waals surface area contributed by atoms with E-state index in [4.69, 9.17) is 0 Å². The Bertz CT molecular complexity index is 609. The first-order valence-electron chi connectivity index (χ1n) is 7.19. The normalized spacial score (nSPS) is 24.1. The fraction of sp³-hybridized carbons (Fsp3) is 0.500. The second kappa shape index (κ2) is 5.17. The number of hydrazone groups is 1. The summed E-state index contributed by atoms with van der Waals surface area (Å²) in [7, 11) is 0. The summed E-state index contributed by atoms with van der Waals surface area (Å²) < 4.78 is 1.20. The largest absolute Gasteiger partial charge is 0.253 e. The highest BCUT2D eigenvalue weighted by molar-refractivity contribution is 7.22. The van der Waals surface area contributed by atoms with Crippen LogP contribution in [0.3, 0.4) is 0 Å². The zero-order valence-electron chi connectivity index (χ0n) is 12.3. The number of para-hydroxylation sites is 1. The first-order valence-corrected chi connectivity index (χ1v) is 8.00. The molecule has 1 N–H and O–H groups in total. The van der Waals surface area contributed by atoms with Gasteiger partial charge in [0.15, 0.2) is 0 Å². The summed E-state index contributed by atoms with van der Waals surface area (Å²) in [5.74, 6) is 0.717. The van der Waals surface area contributed by atoms with Crippen molar-refractivity contribution in [3.8, 4) is 0 Å². The van der Waals surface area contributed by atoms with E-state index in [1.165, 1.54) is 16.8 Å². The van der Waals surface area contributed by atoms with Crippen LogP contribution in [0.15, 0.2) is 29.4 Å². The van der Waals surface area contributed by atoms with Crippen molar-refractivity contribution in [3.05, 3.63) is 24.3 Å². The van der Waals surface area contributed by atoms with Crippen molar-refractivity contribution in [1.82, 2.24) is 4.98 Å². The molecule has 1 aromatic carbocycles. The summed E-state index contributed by atoms with van der Waals surface area (Å²) in [4.78, 5) is 4.55. The molecule has 1 saturated carbocycles. The number of hydrogen-bond donors (Lipinski definition) is 1. The summed E-state index contributed by atoms with van der Waals surface area (Å²) in [6.45, 7) is 6.97. The van der Waals surface area contributed by atoms with Gasteiger partial charge >= 0.3 is 0 Å².